The van der Waals surface area contributed by atoms with E-state index in [1.807, 2.05) is 36.4 Å². The monoisotopic (exact) mass is 646 g/mol. The molecule has 44 heavy (non-hydrogen) atoms. The number of nitrogens with one attached hydrogen (secondary N) is 3. The first-order valence-electron chi connectivity index (χ1n) is 13.9. The van der Waals surface area contributed by atoms with Crippen LogP contribution in [0.2, 0.25) is 4.34 Å². The van der Waals surface area contributed by atoms with Gasteiger partial charge in [-0.3, -0.25) is 20.0 Å². The number of aromatic nitrogens is 3. The van der Waals surface area contributed by atoms with Crippen LogP contribution in [0.1, 0.15) is 35.6 Å². The molecule has 2 aromatic heterocycles. The molecule has 0 saturated carbocycles. The molecule has 5 rings (SSSR count). The Morgan fingerprint density at radius 2 is 1.57 bits per heavy atom. The summed E-state index contributed by atoms with van der Waals surface area (Å²) in [5.74, 6) is 0.158. The van der Waals surface area contributed by atoms with E-state index in [1.165, 1.54) is 11.1 Å². The van der Waals surface area contributed by atoms with Crippen molar-refractivity contribution in [1.82, 2.24) is 20.3 Å². The van der Waals surface area contributed by atoms with Crippen LogP contribution in [-0.2, 0) is 16.4 Å². The zero-order valence-corrected chi connectivity index (χ0v) is 26.2. The molecule has 0 radical (unpaired) electrons. The van der Waals surface area contributed by atoms with Gasteiger partial charge in [0.1, 0.15) is 10.0 Å². The molecule has 2 heterocycles. The van der Waals surface area contributed by atoms with Gasteiger partial charge in [0.05, 0.1) is 11.9 Å². The van der Waals surface area contributed by atoms with Crippen molar-refractivity contribution in [3.63, 3.8) is 0 Å². The molecule has 3 aromatic carbocycles. The number of hydrogen-bond donors (Lipinski definition) is 3. The Labute approximate surface area is 265 Å². The largest absolute Gasteiger partial charge is 0.335 e. The number of urea groups is 1. The zero-order valence-electron chi connectivity index (χ0n) is 23.9. The first kappa shape index (κ1) is 31.1. The maximum Gasteiger partial charge on any atom is 0.321 e. The number of nitrogens with zero attached hydrogens (tertiary/aromatic N) is 3. The number of sulfonamides is 1. The van der Waals surface area contributed by atoms with Crippen LogP contribution in [0.3, 0.4) is 0 Å². The number of hydrogen-bond acceptors (Lipinski definition) is 7. The minimum Gasteiger partial charge on any atom is -0.335 e. The highest BCUT2D eigenvalue weighted by atomic mass is 35.5. The fourth-order valence-corrected chi connectivity index (χ4v) is 6.58. The molecule has 12 heteroatoms. The van der Waals surface area contributed by atoms with Crippen molar-refractivity contribution in [2.24, 2.45) is 0 Å². The molecule has 3 N–H and O–H groups in total. The Hall–Kier alpha value is -4.32. The van der Waals surface area contributed by atoms with Gasteiger partial charge in [0, 0.05) is 48.2 Å². The summed E-state index contributed by atoms with van der Waals surface area (Å²) in [6, 6.07) is 26.8. The highest BCUT2D eigenvalue weighted by Crippen LogP contribution is 2.36. The second-order valence-electron chi connectivity index (χ2n) is 10.2. The summed E-state index contributed by atoms with van der Waals surface area (Å²) in [5, 5.41) is 6.28. The van der Waals surface area contributed by atoms with Gasteiger partial charge < -0.3 is 5.32 Å². The average molecular weight is 647 g/mol. The molecule has 1 unspecified atom stereocenters. The fourth-order valence-electron chi connectivity index (χ4n) is 4.94. The highest BCUT2D eigenvalue weighted by Gasteiger charge is 2.21. The van der Waals surface area contributed by atoms with Crippen molar-refractivity contribution in [2.45, 2.75) is 31.2 Å². The van der Waals surface area contributed by atoms with E-state index in [4.69, 9.17) is 11.6 Å². The third-order valence-corrected chi connectivity index (χ3v) is 8.66. The molecule has 0 fully saturated rings. The van der Waals surface area contributed by atoms with Gasteiger partial charge in [0.2, 0.25) is 10.0 Å². The molecule has 1 atom stereocenters. The zero-order chi connectivity index (χ0) is 30.9. The summed E-state index contributed by atoms with van der Waals surface area (Å²) >= 11 is 7.62. The number of thiazole rings is 1. The smallest absolute Gasteiger partial charge is 0.321 e. The first-order valence-corrected chi connectivity index (χ1v) is 17.0. The number of carbonyl (C=O) groups excluding carboxylic acids is 1. The minimum atomic E-state index is -3.39. The van der Waals surface area contributed by atoms with Gasteiger partial charge in [-0.2, -0.15) is 0 Å². The lowest BCUT2D eigenvalue weighted by molar-refractivity contribution is 0.247. The van der Waals surface area contributed by atoms with Crippen molar-refractivity contribution in [1.29, 1.82) is 0 Å². The summed E-state index contributed by atoms with van der Waals surface area (Å²) in [5.41, 5.74) is 4.81. The SMILES string of the molecule is CS(=O)(=O)Nc1ccc(-c2nc(NC(=O)NC(CCC(c3ccccc3)c3ccccc3)Cc3cnccn3)sc2Cl)cc1. The second kappa shape index (κ2) is 14.4. The van der Waals surface area contributed by atoms with E-state index in [0.717, 1.165) is 29.7 Å². The van der Waals surface area contributed by atoms with Crippen LogP contribution in [0.5, 0.6) is 0 Å². The van der Waals surface area contributed by atoms with Crippen molar-refractivity contribution in [3.05, 3.63) is 125 Å². The van der Waals surface area contributed by atoms with E-state index in [-0.39, 0.29) is 12.0 Å². The number of halogens is 1. The van der Waals surface area contributed by atoms with Gasteiger partial charge in [0.25, 0.3) is 0 Å². The van der Waals surface area contributed by atoms with Crippen LogP contribution < -0.4 is 15.4 Å². The van der Waals surface area contributed by atoms with Crippen LogP contribution in [0.4, 0.5) is 15.6 Å². The van der Waals surface area contributed by atoms with Gasteiger partial charge >= 0.3 is 6.03 Å². The molecule has 2 amide bonds. The molecule has 0 bridgehead atoms. The number of amides is 2. The molecule has 0 aliphatic heterocycles. The van der Waals surface area contributed by atoms with Crippen molar-refractivity contribution >= 4 is 49.8 Å². The topological polar surface area (TPSA) is 126 Å². The van der Waals surface area contributed by atoms with Crippen LogP contribution in [0.15, 0.2) is 104 Å². The lowest BCUT2D eigenvalue weighted by Crippen LogP contribution is -2.39. The van der Waals surface area contributed by atoms with E-state index in [9.17, 15) is 13.2 Å². The van der Waals surface area contributed by atoms with E-state index in [0.29, 0.717) is 39.3 Å². The highest BCUT2D eigenvalue weighted by molar-refractivity contribution is 7.92. The normalized spacial score (nSPS) is 12.1. The summed E-state index contributed by atoms with van der Waals surface area (Å²) in [4.78, 5) is 26.4. The fraction of sp³-hybridized carbons (Fsp3) is 0.188. The molecular formula is C32H31ClN6O3S2. The standard InChI is InChI=1S/C32H31ClN6O3S2/c1-44(41,42)39-25-14-12-24(13-15-25)29-30(33)43-32(37-29)38-31(40)36-26(20-27-21-34-18-19-35-27)16-17-28(22-8-4-2-5-9-22)23-10-6-3-7-11-23/h2-15,18-19,21,26,28,39H,16-17,20H2,1H3,(H2,36,37,38,40). The number of benzene rings is 3. The quantitative estimate of drug-likeness (QED) is 0.134. The number of anilines is 2. The summed E-state index contributed by atoms with van der Waals surface area (Å²) in [6.45, 7) is 0. The van der Waals surface area contributed by atoms with Crippen LogP contribution in [-0.4, -0.2) is 41.7 Å². The maximum atomic E-state index is 13.2. The third-order valence-electron chi connectivity index (χ3n) is 6.88. The Balaban J connectivity index is 1.29. The van der Waals surface area contributed by atoms with Crippen LogP contribution >= 0.6 is 22.9 Å². The predicted octanol–water partition coefficient (Wildman–Crippen LogP) is 6.97. The van der Waals surface area contributed by atoms with E-state index in [2.05, 4.69) is 54.6 Å². The van der Waals surface area contributed by atoms with Crippen molar-refractivity contribution in [2.75, 3.05) is 16.3 Å². The van der Waals surface area contributed by atoms with E-state index >= 15 is 0 Å². The molecule has 9 nitrogen and oxygen atoms in total. The summed E-state index contributed by atoms with van der Waals surface area (Å²) < 4.78 is 25.8. The average Bonchev–Trinajstić information content (AvgIpc) is 3.37. The van der Waals surface area contributed by atoms with E-state index in [1.54, 1.807) is 42.9 Å². The maximum absolute atomic E-state index is 13.2. The molecule has 0 aliphatic rings. The molecular weight excluding hydrogens is 616 g/mol. The predicted molar refractivity (Wildman–Crippen MR) is 177 cm³/mol. The Bertz CT molecular complexity index is 1730. The van der Waals surface area contributed by atoms with Gasteiger partial charge in [-0.1, -0.05) is 95.7 Å². The molecule has 5 aromatic rings. The Morgan fingerprint density at radius 1 is 0.909 bits per heavy atom. The lowest BCUT2D eigenvalue weighted by Gasteiger charge is -2.23. The molecule has 0 saturated heterocycles. The van der Waals surface area contributed by atoms with Crippen molar-refractivity contribution in [3.8, 4) is 11.3 Å². The van der Waals surface area contributed by atoms with Gasteiger partial charge in [-0.25, -0.2) is 18.2 Å². The Kier molecular flexibility index (Phi) is 10.2. The molecule has 0 spiro atoms. The summed E-state index contributed by atoms with van der Waals surface area (Å²) in [6.07, 6.45) is 8.07. The van der Waals surface area contributed by atoms with Crippen molar-refractivity contribution < 1.29 is 13.2 Å². The number of rotatable bonds is 12. The van der Waals surface area contributed by atoms with Crippen LogP contribution in [0, 0.1) is 0 Å². The van der Waals surface area contributed by atoms with Crippen LogP contribution in [0.25, 0.3) is 11.3 Å². The third kappa shape index (κ3) is 8.85. The lowest BCUT2D eigenvalue weighted by atomic mass is 9.86. The van der Waals surface area contributed by atoms with Gasteiger partial charge in [0.15, 0.2) is 5.13 Å². The van der Waals surface area contributed by atoms with Gasteiger partial charge in [-0.15, -0.1) is 0 Å². The van der Waals surface area contributed by atoms with Gasteiger partial charge in [-0.05, 0) is 36.1 Å². The minimum absolute atomic E-state index is 0.158. The molecule has 0 aliphatic carbocycles. The van der Waals surface area contributed by atoms with E-state index < -0.39 is 16.1 Å². The number of carbonyl (C=O) groups is 1. The Morgan fingerprint density at radius 3 is 2.16 bits per heavy atom. The summed E-state index contributed by atoms with van der Waals surface area (Å²) in [7, 11) is -3.39. The second-order valence-corrected chi connectivity index (χ2v) is 13.6. The molecule has 226 valence electrons. The first-order chi connectivity index (χ1) is 21.2.